The number of rotatable bonds is 8. The van der Waals surface area contributed by atoms with Gasteiger partial charge < -0.3 is 14.7 Å². The Morgan fingerprint density at radius 2 is 2.08 bits per heavy atom. The Morgan fingerprint density at radius 1 is 1.29 bits per heavy atom. The van der Waals surface area contributed by atoms with Crippen LogP contribution in [0.4, 0.5) is 4.39 Å². The number of benzene rings is 1. The van der Waals surface area contributed by atoms with Crippen LogP contribution in [0, 0.1) is 11.7 Å². The van der Waals surface area contributed by atoms with Crippen molar-refractivity contribution in [3.05, 3.63) is 35.6 Å². The number of methoxy groups -OCH3 is 1. The molecule has 5 nitrogen and oxygen atoms in total. The van der Waals surface area contributed by atoms with Gasteiger partial charge in [0, 0.05) is 39.1 Å². The first-order valence-electron chi connectivity index (χ1n) is 8.28. The molecule has 0 aromatic heterocycles. The van der Waals surface area contributed by atoms with Gasteiger partial charge >= 0.3 is 5.97 Å². The summed E-state index contributed by atoms with van der Waals surface area (Å²) in [5, 5.41) is 9.44. The Kier molecular flexibility index (Phi) is 6.73. The molecule has 1 amide bonds. The summed E-state index contributed by atoms with van der Waals surface area (Å²) >= 11 is 0. The Hall–Kier alpha value is -1.95. The molecule has 1 aliphatic heterocycles. The molecular weight excluding hydrogens is 313 g/mol. The van der Waals surface area contributed by atoms with Crippen molar-refractivity contribution in [2.45, 2.75) is 31.6 Å². The minimum Gasteiger partial charge on any atom is -0.481 e. The Labute approximate surface area is 141 Å². The van der Waals surface area contributed by atoms with Crippen molar-refractivity contribution in [1.29, 1.82) is 0 Å². The molecule has 0 unspecified atom stereocenters. The molecule has 1 aromatic carbocycles. The molecule has 24 heavy (non-hydrogen) atoms. The first-order chi connectivity index (χ1) is 11.5. The Balaban J connectivity index is 1.96. The molecule has 1 fully saturated rings. The number of aliphatic carboxylic acids is 1. The minimum absolute atomic E-state index is 0.0300. The van der Waals surface area contributed by atoms with E-state index in [4.69, 9.17) is 4.74 Å². The van der Waals surface area contributed by atoms with E-state index in [-0.39, 0.29) is 24.2 Å². The fourth-order valence-corrected chi connectivity index (χ4v) is 3.19. The summed E-state index contributed by atoms with van der Waals surface area (Å²) in [6, 6.07) is 5.99. The lowest BCUT2D eigenvalue weighted by Crippen LogP contribution is -2.29. The summed E-state index contributed by atoms with van der Waals surface area (Å²) in [6.07, 6.45) is 2.99. The van der Waals surface area contributed by atoms with Crippen molar-refractivity contribution in [2.24, 2.45) is 5.92 Å². The third-order valence-electron chi connectivity index (χ3n) is 4.51. The van der Waals surface area contributed by atoms with E-state index in [2.05, 4.69) is 0 Å². The zero-order valence-electron chi connectivity index (χ0n) is 13.9. The van der Waals surface area contributed by atoms with Gasteiger partial charge in [0.2, 0.25) is 5.91 Å². The normalized spacial score (nSPS) is 20.3. The van der Waals surface area contributed by atoms with E-state index in [1.54, 1.807) is 24.1 Å². The van der Waals surface area contributed by atoms with Crippen molar-refractivity contribution >= 4 is 11.9 Å². The molecular formula is C18H24FNO4. The third-order valence-corrected chi connectivity index (χ3v) is 4.51. The SMILES string of the molecule is COCCCCCC(=O)N1C[C@@H](C(=O)O)[C@H](c2cccc(F)c2)C1. The van der Waals surface area contributed by atoms with Gasteiger partial charge in [-0.25, -0.2) is 4.39 Å². The average Bonchev–Trinajstić information content (AvgIpc) is 3.00. The van der Waals surface area contributed by atoms with Crippen molar-refractivity contribution in [2.75, 3.05) is 26.8 Å². The van der Waals surface area contributed by atoms with Crippen LogP contribution < -0.4 is 0 Å². The molecule has 1 saturated heterocycles. The van der Waals surface area contributed by atoms with E-state index in [1.165, 1.54) is 12.1 Å². The van der Waals surface area contributed by atoms with Crippen molar-refractivity contribution < 1.29 is 23.8 Å². The summed E-state index contributed by atoms with van der Waals surface area (Å²) in [7, 11) is 1.65. The van der Waals surface area contributed by atoms with Gasteiger partial charge in [0.25, 0.3) is 0 Å². The summed E-state index contributed by atoms with van der Waals surface area (Å²) in [6.45, 7) is 1.20. The highest BCUT2D eigenvalue weighted by Gasteiger charge is 2.40. The highest BCUT2D eigenvalue weighted by atomic mass is 19.1. The maximum Gasteiger partial charge on any atom is 0.308 e. The molecule has 1 N–H and O–H groups in total. The van der Waals surface area contributed by atoms with Gasteiger partial charge in [-0.2, -0.15) is 0 Å². The number of hydrogen-bond acceptors (Lipinski definition) is 3. The van der Waals surface area contributed by atoms with Crippen LogP contribution in [0.1, 0.15) is 37.2 Å². The monoisotopic (exact) mass is 337 g/mol. The van der Waals surface area contributed by atoms with Crippen LogP contribution in [0.5, 0.6) is 0 Å². The van der Waals surface area contributed by atoms with Gasteiger partial charge in [0.05, 0.1) is 5.92 Å². The van der Waals surface area contributed by atoms with E-state index < -0.39 is 11.9 Å². The molecule has 0 radical (unpaired) electrons. The second kappa shape index (κ2) is 8.78. The van der Waals surface area contributed by atoms with Crippen LogP contribution in [-0.4, -0.2) is 48.7 Å². The van der Waals surface area contributed by atoms with Gasteiger partial charge in [-0.05, 0) is 30.5 Å². The lowest BCUT2D eigenvalue weighted by Gasteiger charge is -2.16. The second-order valence-electron chi connectivity index (χ2n) is 6.21. The number of halogens is 1. The van der Waals surface area contributed by atoms with Gasteiger partial charge in [0.15, 0.2) is 0 Å². The quantitative estimate of drug-likeness (QED) is 0.741. The molecule has 0 saturated carbocycles. The molecule has 1 heterocycles. The standard InChI is InChI=1S/C18H24FNO4/c1-24-9-4-2-3-8-17(21)20-11-15(16(12-20)18(22)23)13-6-5-7-14(19)10-13/h5-7,10,15-16H,2-4,8-9,11-12H2,1H3,(H,22,23)/t15-,16+/m0/s1. The number of likely N-dealkylation sites (tertiary alicyclic amines) is 1. The highest BCUT2D eigenvalue weighted by Crippen LogP contribution is 2.33. The molecule has 6 heteroatoms. The van der Waals surface area contributed by atoms with Gasteiger partial charge in [0.1, 0.15) is 5.82 Å². The number of carboxylic acid groups (broad SMARTS) is 1. The summed E-state index contributed by atoms with van der Waals surface area (Å²) in [4.78, 5) is 25.4. The molecule has 2 atom stereocenters. The smallest absolute Gasteiger partial charge is 0.308 e. The van der Waals surface area contributed by atoms with Gasteiger partial charge in [-0.1, -0.05) is 18.6 Å². The number of nitrogens with zero attached hydrogens (tertiary/aromatic N) is 1. The highest BCUT2D eigenvalue weighted by molar-refractivity contribution is 5.79. The first kappa shape index (κ1) is 18.4. The van der Waals surface area contributed by atoms with E-state index in [1.807, 2.05) is 0 Å². The summed E-state index contributed by atoms with van der Waals surface area (Å²) < 4.78 is 18.4. The minimum atomic E-state index is -0.945. The number of carboxylic acids is 1. The van der Waals surface area contributed by atoms with Crippen molar-refractivity contribution in [3.8, 4) is 0 Å². The number of ether oxygens (including phenoxy) is 1. The largest absolute Gasteiger partial charge is 0.481 e. The number of amides is 1. The average molecular weight is 337 g/mol. The van der Waals surface area contributed by atoms with Crippen LogP contribution >= 0.6 is 0 Å². The van der Waals surface area contributed by atoms with Crippen LogP contribution in [0.15, 0.2) is 24.3 Å². The molecule has 1 aliphatic rings. The maximum atomic E-state index is 13.4. The number of carbonyl (C=O) groups is 2. The van der Waals surface area contributed by atoms with E-state index in [9.17, 15) is 19.1 Å². The predicted molar refractivity (Wildman–Crippen MR) is 87.2 cm³/mol. The van der Waals surface area contributed by atoms with E-state index in [0.717, 1.165) is 19.3 Å². The molecule has 132 valence electrons. The number of carbonyl (C=O) groups excluding carboxylic acids is 1. The third kappa shape index (κ3) is 4.77. The zero-order chi connectivity index (χ0) is 17.5. The van der Waals surface area contributed by atoms with Crippen LogP contribution in [0.3, 0.4) is 0 Å². The predicted octanol–water partition coefficient (Wildman–Crippen LogP) is 2.66. The molecule has 1 aromatic rings. The Bertz CT molecular complexity index is 578. The second-order valence-corrected chi connectivity index (χ2v) is 6.21. The Morgan fingerprint density at radius 3 is 2.75 bits per heavy atom. The maximum absolute atomic E-state index is 13.4. The lowest BCUT2D eigenvalue weighted by molar-refractivity contribution is -0.141. The fraction of sp³-hybridized carbons (Fsp3) is 0.556. The molecule has 0 spiro atoms. The van der Waals surface area contributed by atoms with E-state index in [0.29, 0.717) is 25.1 Å². The molecule has 2 rings (SSSR count). The van der Waals surface area contributed by atoms with Crippen LogP contribution in [0.2, 0.25) is 0 Å². The summed E-state index contributed by atoms with van der Waals surface area (Å²) in [5.41, 5.74) is 0.637. The lowest BCUT2D eigenvalue weighted by atomic mass is 9.89. The molecule has 0 bridgehead atoms. The molecule has 0 aliphatic carbocycles. The number of hydrogen-bond donors (Lipinski definition) is 1. The topological polar surface area (TPSA) is 66.8 Å². The van der Waals surface area contributed by atoms with Crippen molar-refractivity contribution in [1.82, 2.24) is 4.90 Å². The van der Waals surface area contributed by atoms with Crippen LogP contribution in [-0.2, 0) is 14.3 Å². The van der Waals surface area contributed by atoms with E-state index >= 15 is 0 Å². The van der Waals surface area contributed by atoms with Gasteiger partial charge in [-0.15, -0.1) is 0 Å². The van der Waals surface area contributed by atoms with Crippen LogP contribution in [0.25, 0.3) is 0 Å². The zero-order valence-corrected chi connectivity index (χ0v) is 13.9. The summed E-state index contributed by atoms with van der Waals surface area (Å²) in [5.74, 6) is -2.42. The fourth-order valence-electron chi connectivity index (χ4n) is 3.19. The van der Waals surface area contributed by atoms with Crippen molar-refractivity contribution in [3.63, 3.8) is 0 Å². The number of unbranched alkanes of at least 4 members (excludes halogenated alkanes) is 2. The first-order valence-corrected chi connectivity index (χ1v) is 8.28. The van der Waals surface area contributed by atoms with Gasteiger partial charge in [-0.3, -0.25) is 9.59 Å².